The van der Waals surface area contributed by atoms with Crippen LogP contribution in [0.25, 0.3) is 17.4 Å². The van der Waals surface area contributed by atoms with Crippen LogP contribution in [0.2, 0.25) is 5.02 Å². The molecule has 0 spiro atoms. The van der Waals surface area contributed by atoms with Gasteiger partial charge < -0.3 is 9.73 Å². The topological polar surface area (TPSA) is 62.6 Å². The van der Waals surface area contributed by atoms with Crippen molar-refractivity contribution in [2.24, 2.45) is 0 Å². The van der Waals surface area contributed by atoms with E-state index < -0.39 is 0 Å². The number of aryl methyl sites for hydroxylation is 1. The van der Waals surface area contributed by atoms with E-state index in [-0.39, 0.29) is 18.4 Å². The molecule has 0 unspecified atom stereocenters. The van der Waals surface area contributed by atoms with Gasteiger partial charge in [0.05, 0.1) is 4.91 Å². The summed E-state index contributed by atoms with van der Waals surface area (Å²) in [7, 11) is 0. The minimum absolute atomic E-state index is 0.123. The Morgan fingerprint density at radius 1 is 1.19 bits per heavy atom. The molecule has 0 atom stereocenters. The first-order valence-electron chi connectivity index (χ1n) is 9.82. The van der Waals surface area contributed by atoms with Crippen LogP contribution in [0.3, 0.4) is 0 Å². The van der Waals surface area contributed by atoms with Crippen molar-refractivity contribution >= 4 is 57.8 Å². The van der Waals surface area contributed by atoms with Crippen LogP contribution in [0.5, 0.6) is 0 Å². The summed E-state index contributed by atoms with van der Waals surface area (Å²) < 4.78 is 6.19. The molecule has 5 nitrogen and oxygen atoms in total. The Balaban J connectivity index is 1.39. The zero-order valence-corrected chi connectivity index (χ0v) is 19.5. The standard InChI is InChI=1S/C24H19ClN2O3S2/c1-15-3-2-4-16(11-15)13-26-22(28)14-27-23(29)21(32-24(27)31)12-19-9-10-20(30-19)17-5-7-18(25)8-6-17/h2-12H,13-14H2,1H3,(H,26,28)/b21-12-. The van der Waals surface area contributed by atoms with Crippen molar-refractivity contribution < 1.29 is 14.0 Å². The summed E-state index contributed by atoms with van der Waals surface area (Å²) in [6.45, 7) is 2.27. The van der Waals surface area contributed by atoms with Crippen LogP contribution in [-0.2, 0) is 16.1 Å². The smallest absolute Gasteiger partial charge is 0.266 e. The molecule has 1 aliphatic heterocycles. The van der Waals surface area contributed by atoms with Crippen molar-refractivity contribution in [3.63, 3.8) is 0 Å². The molecule has 1 aliphatic rings. The second-order valence-electron chi connectivity index (χ2n) is 7.24. The third kappa shape index (κ3) is 5.30. The van der Waals surface area contributed by atoms with Crippen molar-refractivity contribution in [2.75, 3.05) is 6.54 Å². The Morgan fingerprint density at radius 3 is 2.72 bits per heavy atom. The van der Waals surface area contributed by atoms with E-state index >= 15 is 0 Å². The molecule has 3 aromatic rings. The number of hydrogen-bond acceptors (Lipinski definition) is 5. The quantitative estimate of drug-likeness (QED) is 0.375. The lowest BCUT2D eigenvalue weighted by molar-refractivity contribution is -0.128. The molecule has 0 bridgehead atoms. The Bertz CT molecular complexity index is 1220. The van der Waals surface area contributed by atoms with Gasteiger partial charge in [-0.1, -0.05) is 65.4 Å². The second-order valence-corrected chi connectivity index (χ2v) is 9.35. The maximum Gasteiger partial charge on any atom is 0.266 e. The SMILES string of the molecule is Cc1cccc(CNC(=O)CN2C(=O)/C(=C/c3ccc(-c4ccc(Cl)cc4)o3)SC2=S)c1. The number of halogens is 1. The monoisotopic (exact) mass is 482 g/mol. The first-order chi connectivity index (χ1) is 15.4. The van der Waals surface area contributed by atoms with Crippen LogP contribution in [0.1, 0.15) is 16.9 Å². The number of nitrogens with one attached hydrogen (secondary N) is 1. The van der Waals surface area contributed by atoms with Gasteiger partial charge in [-0.05, 0) is 48.9 Å². The predicted octanol–water partition coefficient (Wildman–Crippen LogP) is 5.43. The number of thioether (sulfide) groups is 1. The molecular formula is C24H19ClN2O3S2. The summed E-state index contributed by atoms with van der Waals surface area (Å²) in [5.74, 6) is 0.612. The van der Waals surface area contributed by atoms with Gasteiger partial charge in [0, 0.05) is 23.2 Å². The Labute approximate surface area is 200 Å². The maximum absolute atomic E-state index is 12.8. The third-order valence-electron chi connectivity index (χ3n) is 4.78. The fourth-order valence-corrected chi connectivity index (χ4v) is 4.55. The lowest BCUT2D eigenvalue weighted by Gasteiger charge is -2.14. The summed E-state index contributed by atoms with van der Waals surface area (Å²) in [4.78, 5) is 26.9. The zero-order chi connectivity index (χ0) is 22.7. The van der Waals surface area contributed by atoms with E-state index in [0.29, 0.717) is 32.3 Å². The predicted molar refractivity (Wildman–Crippen MR) is 132 cm³/mol. The molecule has 4 rings (SSSR count). The molecule has 162 valence electrons. The van der Waals surface area contributed by atoms with Crippen LogP contribution in [-0.4, -0.2) is 27.6 Å². The normalized spacial score (nSPS) is 14.9. The number of hydrogen-bond donors (Lipinski definition) is 1. The number of nitrogens with zero attached hydrogens (tertiary/aromatic N) is 1. The second kappa shape index (κ2) is 9.73. The van der Waals surface area contributed by atoms with Crippen LogP contribution in [0.15, 0.2) is 70.0 Å². The van der Waals surface area contributed by atoms with E-state index in [9.17, 15) is 9.59 Å². The average molecular weight is 483 g/mol. The number of furan rings is 1. The molecule has 1 saturated heterocycles. The fraction of sp³-hybridized carbons (Fsp3) is 0.125. The van der Waals surface area contributed by atoms with Crippen LogP contribution in [0, 0.1) is 6.92 Å². The highest BCUT2D eigenvalue weighted by Crippen LogP contribution is 2.33. The summed E-state index contributed by atoms with van der Waals surface area (Å²) in [6, 6.07) is 18.8. The molecule has 8 heteroatoms. The first-order valence-corrected chi connectivity index (χ1v) is 11.4. The van der Waals surface area contributed by atoms with Crippen LogP contribution in [0.4, 0.5) is 0 Å². The van der Waals surface area contributed by atoms with Gasteiger partial charge in [-0.2, -0.15) is 0 Å². The summed E-state index contributed by atoms with van der Waals surface area (Å²) in [5, 5.41) is 3.48. The molecule has 0 saturated carbocycles. The van der Waals surface area contributed by atoms with Gasteiger partial charge in [0.25, 0.3) is 5.91 Å². The Hall–Kier alpha value is -2.87. The number of benzene rings is 2. The van der Waals surface area contributed by atoms with Gasteiger partial charge in [-0.3, -0.25) is 14.5 Å². The molecule has 1 fully saturated rings. The van der Waals surface area contributed by atoms with E-state index in [2.05, 4.69) is 5.32 Å². The largest absolute Gasteiger partial charge is 0.457 e. The highest BCUT2D eigenvalue weighted by molar-refractivity contribution is 8.26. The molecule has 2 amide bonds. The molecule has 1 N–H and O–H groups in total. The van der Waals surface area contributed by atoms with Gasteiger partial charge in [0.15, 0.2) is 0 Å². The summed E-state index contributed by atoms with van der Waals surface area (Å²) in [5.41, 5.74) is 3.00. The lowest BCUT2D eigenvalue weighted by atomic mass is 10.1. The molecular weight excluding hydrogens is 464 g/mol. The lowest BCUT2D eigenvalue weighted by Crippen LogP contribution is -2.39. The van der Waals surface area contributed by atoms with Crippen molar-refractivity contribution in [2.45, 2.75) is 13.5 Å². The van der Waals surface area contributed by atoms with Gasteiger partial charge in [0.2, 0.25) is 5.91 Å². The molecule has 1 aromatic heterocycles. The minimum atomic E-state index is -0.310. The molecule has 0 radical (unpaired) electrons. The van der Waals surface area contributed by atoms with Gasteiger partial charge >= 0.3 is 0 Å². The Kier molecular flexibility index (Phi) is 6.79. The fourth-order valence-electron chi connectivity index (χ4n) is 3.19. The summed E-state index contributed by atoms with van der Waals surface area (Å²) in [6.07, 6.45) is 1.64. The van der Waals surface area contributed by atoms with Crippen molar-refractivity contribution in [3.8, 4) is 11.3 Å². The maximum atomic E-state index is 12.8. The summed E-state index contributed by atoms with van der Waals surface area (Å²) >= 11 is 12.4. The number of carbonyl (C=O) groups is 2. The highest BCUT2D eigenvalue weighted by atomic mass is 35.5. The van der Waals surface area contributed by atoms with Crippen LogP contribution >= 0.6 is 35.6 Å². The van der Waals surface area contributed by atoms with E-state index in [1.54, 1.807) is 24.3 Å². The number of thiocarbonyl (C=S) groups is 1. The van der Waals surface area contributed by atoms with Gasteiger partial charge in [-0.25, -0.2) is 0 Å². The van der Waals surface area contributed by atoms with Crippen molar-refractivity contribution in [1.29, 1.82) is 0 Å². The average Bonchev–Trinajstić information content (AvgIpc) is 3.33. The van der Waals surface area contributed by atoms with E-state index in [4.69, 9.17) is 28.2 Å². The molecule has 0 aliphatic carbocycles. The first kappa shape index (κ1) is 22.3. The van der Waals surface area contributed by atoms with Crippen molar-refractivity contribution in [1.82, 2.24) is 10.2 Å². The van der Waals surface area contributed by atoms with E-state index in [1.807, 2.05) is 49.4 Å². The number of amides is 2. The van der Waals surface area contributed by atoms with Gasteiger partial charge in [-0.15, -0.1) is 0 Å². The van der Waals surface area contributed by atoms with Crippen molar-refractivity contribution in [3.05, 3.63) is 87.5 Å². The Morgan fingerprint density at radius 2 is 1.97 bits per heavy atom. The van der Waals surface area contributed by atoms with E-state index in [1.165, 1.54) is 4.90 Å². The number of carbonyl (C=O) groups excluding carboxylic acids is 2. The molecule has 2 aromatic carbocycles. The minimum Gasteiger partial charge on any atom is -0.457 e. The number of rotatable bonds is 6. The van der Waals surface area contributed by atoms with Crippen LogP contribution < -0.4 is 5.32 Å². The third-order valence-corrected chi connectivity index (χ3v) is 6.41. The van der Waals surface area contributed by atoms with E-state index in [0.717, 1.165) is 28.5 Å². The molecule has 32 heavy (non-hydrogen) atoms. The van der Waals surface area contributed by atoms with Gasteiger partial charge in [0.1, 0.15) is 22.4 Å². The zero-order valence-electron chi connectivity index (χ0n) is 17.1. The molecule has 2 heterocycles. The highest BCUT2D eigenvalue weighted by Gasteiger charge is 2.33.